The Labute approximate surface area is 194 Å². The fraction of sp³-hybridized carbons (Fsp3) is 0.167. The van der Waals surface area contributed by atoms with E-state index in [-0.39, 0.29) is 29.6 Å². The molecule has 2 amide bonds. The standard InChI is InChI=1S/C24H20ClFN4O3/c1-14-9-15(2)30(24(33)19(14)11-27)13-22(31)29-18-6-4-17(5-7-18)23(32)28-12-16-3-8-21(26)20(25)10-16/h3-10H,12-13H2,1-2H3,(H,28,32)(H,29,31). The van der Waals surface area contributed by atoms with E-state index < -0.39 is 17.3 Å². The molecule has 7 nitrogen and oxygen atoms in total. The van der Waals surface area contributed by atoms with Crippen molar-refractivity contribution in [3.8, 4) is 6.07 Å². The number of aryl methyl sites for hydroxylation is 2. The average molecular weight is 467 g/mol. The summed E-state index contributed by atoms with van der Waals surface area (Å²) in [7, 11) is 0. The molecule has 0 atom stereocenters. The van der Waals surface area contributed by atoms with E-state index in [1.807, 2.05) is 6.07 Å². The molecular formula is C24H20ClFN4O3. The highest BCUT2D eigenvalue weighted by Crippen LogP contribution is 2.16. The number of carbonyl (C=O) groups excluding carboxylic acids is 2. The first-order chi connectivity index (χ1) is 15.7. The Balaban J connectivity index is 1.62. The summed E-state index contributed by atoms with van der Waals surface area (Å²) in [5.41, 5.74) is 2.09. The maximum Gasteiger partial charge on any atom is 0.269 e. The highest BCUT2D eigenvalue weighted by Gasteiger charge is 2.13. The van der Waals surface area contributed by atoms with Crippen LogP contribution in [0.25, 0.3) is 0 Å². The number of carbonyl (C=O) groups is 2. The summed E-state index contributed by atoms with van der Waals surface area (Å²) < 4.78 is 14.5. The second kappa shape index (κ2) is 10.1. The summed E-state index contributed by atoms with van der Waals surface area (Å²) in [5, 5.41) is 14.5. The minimum Gasteiger partial charge on any atom is -0.348 e. The minimum absolute atomic E-state index is 0.00618. The van der Waals surface area contributed by atoms with Gasteiger partial charge in [0.25, 0.3) is 11.5 Å². The second-order valence-corrected chi connectivity index (χ2v) is 7.81. The summed E-state index contributed by atoms with van der Waals surface area (Å²) >= 11 is 5.74. The Bertz CT molecular complexity index is 1330. The van der Waals surface area contributed by atoms with Gasteiger partial charge in [-0.05, 0) is 67.4 Å². The van der Waals surface area contributed by atoms with Crippen LogP contribution in [0.2, 0.25) is 5.02 Å². The predicted octanol–water partition coefficient (Wildman–Crippen LogP) is 3.70. The largest absolute Gasteiger partial charge is 0.348 e. The monoisotopic (exact) mass is 466 g/mol. The van der Waals surface area contributed by atoms with E-state index in [0.717, 1.165) is 0 Å². The van der Waals surface area contributed by atoms with Gasteiger partial charge in [-0.2, -0.15) is 5.26 Å². The van der Waals surface area contributed by atoms with Crippen molar-refractivity contribution >= 4 is 29.1 Å². The molecule has 0 bridgehead atoms. The minimum atomic E-state index is -0.530. The number of aromatic nitrogens is 1. The first-order valence-electron chi connectivity index (χ1n) is 9.92. The van der Waals surface area contributed by atoms with Crippen LogP contribution in [0.4, 0.5) is 10.1 Å². The number of anilines is 1. The number of pyridine rings is 1. The summed E-state index contributed by atoms with van der Waals surface area (Å²) in [4.78, 5) is 37.2. The van der Waals surface area contributed by atoms with Crippen LogP contribution in [0, 0.1) is 31.0 Å². The van der Waals surface area contributed by atoms with Crippen LogP contribution in [-0.2, 0) is 17.9 Å². The van der Waals surface area contributed by atoms with Crippen molar-refractivity contribution in [3.63, 3.8) is 0 Å². The molecule has 0 aliphatic carbocycles. The number of hydrogen-bond acceptors (Lipinski definition) is 4. The van der Waals surface area contributed by atoms with Crippen LogP contribution in [0.15, 0.2) is 53.3 Å². The maximum absolute atomic E-state index is 13.2. The third kappa shape index (κ3) is 5.64. The zero-order valence-corrected chi connectivity index (χ0v) is 18.7. The number of rotatable bonds is 6. The molecule has 9 heteroatoms. The zero-order chi connectivity index (χ0) is 24.1. The highest BCUT2D eigenvalue weighted by molar-refractivity contribution is 6.30. The zero-order valence-electron chi connectivity index (χ0n) is 17.9. The second-order valence-electron chi connectivity index (χ2n) is 7.40. The van der Waals surface area contributed by atoms with Gasteiger partial charge in [-0.25, -0.2) is 4.39 Å². The normalized spacial score (nSPS) is 10.4. The van der Waals surface area contributed by atoms with Gasteiger partial charge < -0.3 is 15.2 Å². The first-order valence-corrected chi connectivity index (χ1v) is 10.3. The molecule has 0 spiro atoms. The van der Waals surface area contributed by atoms with Crippen LogP contribution < -0.4 is 16.2 Å². The van der Waals surface area contributed by atoms with Gasteiger partial charge in [0.15, 0.2) is 0 Å². The van der Waals surface area contributed by atoms with Gasteiger partial charge in [-0.1, -0.05) is 17.7 Å². The van der Waals surface area contributed by atoms with E-state index in [9.17, 15) is 18.8 Å². The van der Waals surface area contributed by atoms with Crippen molar-refractivity contribution in [2.75, 3.05) is 5.32 Å². The molecule has 0 unspecified atom stereocenters. The van der Waals surface area contributed by atoms with Gasteiger partial charge in [0.1, 0.15) is 24.0 Å². The summed E-state index contributed by atoms with van der Waals surface area (Å²) in [6.45, 7) is 3.29. The smallest absolute Gasteiger partial charge is 0.269 e. The molecule has 1 aromatic heterocycles. The molecule has 1 heterocycles. The van der Waals surface area contributed by atoms with Crippen LogP contribution in [0.1, 0.15) is 32.7 Å². The number of nitriles is 1. The first kappa shape index (κ1) is 23.7. The van der Waals surface area contributed by atoms with Gasteiger partial charge in [-0.3, -0.25) is 14.4 Å². The Hall–Kier alpha value is -3.96. The molecule has 0 aliphatic heterocycles. The lowest BCUT2D eigenvalue weighted by molar-refractivity contribution is -0.116. The van der Waals surface area contributed by atoms with Gasteiger partial charge >= 0.3 is 0 Å². The maximum atomic E-state index is 13.2. The van der Waals surface area contributed by atoms with E-state index in [1.54, 1.807) is 44.2 Å². The molecule has 0 saturated carbocycles. The van der Waals surface area contributed by atoms with E-state index >= 15 is 0 Å². The van der Waals surface area contributed by atoms with E-state index in [2.05, 4.69) is 10.6 Å². The number of halogens is 2. The Morgan fingerprint density at radius 2 is 1.82 bits per heavy atom. The third-order valence-electron chi connectivity index (χ3n) is 4.99. The molecule has 2 N–H and O–H groups in total. The lowest BCUT2D eigenvalue weighted by Crippen LogP contribution is -2.31. The van der Waals surface area contributed by atoms with E-state index in [4.69, 9.17) is 16.9 Å². The van der Waals surface area contributed by atoms with Crippen LogP contribution in [-0.4, -0.2) is 16.4 Å². The summed E-state index contributed by atoms with van der Waals surface area (Å²) in [6.07, 6.45) is 0. The Kier molecular flexibility index (Phi) is 7.26. The van der Waals surface area contributed by atoms with Crippen LogP contribution >= 0.6 is 11.6 Å². The van der Waals surface area contributed by atoms with Crippen molar-refractivity contribution in [3.05, 3.63) is 97.7 Å². The molecule has 33 heavy (non-hydrogen) atoms. The molecule has 3 rings (SSSR count). The molecule has 0 fully saturated rings. The fourth-order valence-corrected chi connectivity index (χ4v) is 3.45. The topological polar surface area (TPSA) is 104 Å². The average Bonchev–Trinajstić information content (AvgIpc) is 2.78. The SMILES string of the molecule is Cc1cc(C)n(CC(=O)Nc2ccc(C(=O)NCc3ccc(F)c(Cl)c3)cc2)c(=O)c1C#N. The Morgan fingerprint density at radius 3 is 2.45 bits per heavy atom. The van der Waals surface area contributed by atoms with E-state index in [0.29, 0.717) is 28.1 Å². The van der Waals surface area contributed by atoms with Crippen LogP contribution in [0.5, 0.6) is 0 Å². The van der Waals surface area contributed by atoms with E-state index in [1.165, 1.54) is 22.8 Å². The lowest BCUT2D eigenvalue weighted by Gasteiger charge is -2.12. The molecular weight excluding hydrogens is 447 g/mol. The van der Waals surface area contributed by atoms with Crippen molar-refractivity contribution < 1.29 is 14.0 Å². The number of amides is 2. The molecule has 168 valence electrons. The number of hydrogen-bond donors (Lipinski definition) is 2. The molecule has 3 aromatic rings. The van der Waals surface area contributed by atoms with Crippen molar-refractivity contribution in [1.82, 2.24) is 9.88 Å². The fourth-order valence-electron chi connectivity index (χ4n) is 3.24. The van der Waals surface area contributed by atoms with Gasteiger partial charge in [0.2, 0.25) is 5.91 Å². The summed E-state index contributed by atoms with van der Waals surface area (Å²) in [6, 6.07) is 14.0. The van der Waals surface area contributed by atoms with Crippen molar-refractivity contribution in [2.24, 2.45) is 0 Å². The molecule has 2 aromatic carbocycles. The van der Waals surface area contributed by atoms with Gasteiger partial charge in [-0.15, -0.1) is 0 Å². The number of nitrogens with one attached hydrogen (secondary N) is 2. The molecule has 0 aliphatic rings. The Morgan fingerprint density at radius 1 is 1.12 bits per heavy atom. The highest BCUT2D eigenvalue weighted by atomic mass is 35.5. The molecule has 0 saturated heterocycles. The lowest BCUT2D eigenvalue weighted by atomic mass is 10.1. The van der Waals surface area contributed by atoms with Crippen LogP contribution in [0.3, 0.4) is 0 Å². The number of benzene rings is 2. The third-order valence-corrected chi connectivity index (χ3v) is 5.28. The van der Waals surface area contributed by atoms with Gasteiger partial charge in [0.05, 0.1) is 5.02 Å². The quantitative estimate of drug-likeness (QED) is 0.578. The predicted molar refractivity (Wildman–Crippen MR) is 123 cm³/mol. The molecule has 0 radical (unpaired) electrons. The summed E-state index contributed by atoms with van der Waals surface area (Å²) in [5.74, 6) is -1.32. The van der Waals surface area contributed by atoms with Crippen molar-refractivity contribution in [2.45, 2.75) is 26.9 Å². The van der Waals surface area contributed by atoms with Gasteiger partial charge in [0, 0.05) is 23.5 Å². The van der Waals surface area contributed by atoms with Crippen molar-refractivity contribution in [1.29, 1.82) is 5.26 Å². The number of nitrogens with zero attached hydrogens (tertiary/aromatic N) is 2.